The largest absolute Gasteiger partial charge is 0.390 e. The standard InChI is InChI=1S/C28H32N4O5/c1-28(2,37)17-11-15-30(16-12-17)32-26(35)20-9-7-18-22-19(8-10-21(23(20)22)27(32)36)25(34)31(24(18)33)29-13-5-3-4-6-14-29/h7-10,17,37H,3-6,11-16H2,1-2H3. The number of amides is 4. The second kappa shape index (κ2) is 8.72. The normalized spacial score (nSPS) is 22.2. The SMILES string of the molecule is CC(C)(O)C1CCN(N2C(=O)c3ccc4c5c(ccc(c35)C2=O)C(=O)N(N2CCCCCC2)C4=O)CC1. The number of carbonyl (C=O) groups is 4. The fraction of sp³-hybridized carbons (Fsp3) is 0.500. The van der Waals surface area contributed by atoms with E-state index in [4.69, 9.17) is 0 Å². The quantitative estimate of drug-likeness (QED) is 0.641. The van der Waals surface area contributed by atoms with Crippen molar-refractivity contribution in [2.24, 2.45) is 5.92 Å². The third kappa shape index (κ3) is 3.71. The average Bonchev–Trinajstić information content (AvgIpc) is 3.15. The molecule has 6 rings (SSSR count). The van der Waals surface area contributed by atoms with Gasteiger partial charge in [0.05, 0.1) is 27.9 Å². The molecule has 2 aromatic rings. The van der Waals surface area contributed by atoms with Crippen LogP contribution in [0.25, 0.3) is 10.8 Å². The first kappa shape index (κ1) is 24.2. The number of benzene rings is 2. The number of piperidine rings is 1. The van der Waals surface area contributed by atoms with E-state index in [1.54, 1.807) is 43.1 Å². The summed E-state index contributed by atoms with van der Waals surface area (Å²) in [5.41, 5.74) is 0.521. The fourth-order valence-corrected chi connectivity index (χ4v) is 6.39. The molecule has 4 aliphatic rings. The van der Waals surface area contributed by atoms with Gasteiger partial charge in [0.25, 0.3) is 23.6 Å². The third-order valence-corrected chi connectivity index (χ3v) is 8.47. The van der Waals surface area contributed by atoms with Crippen LogP contribution in [0.2, 0.25) is 0 Å². The molecular formula is C28H32N4O5. The van der Waals surface area contributed by atoms with Crippen molar-refractivity contribution < 1.29 is 24.3 Å². The molecule has 1 N–H and O–H groups in total. The Kier molecular flexibility index (Phi) is 5.70. The first-order valence-electron chi connectivity index (χ1n) is 13.3. The third-order valence-electron chi connectivity index (χ3n) is 8.47. The molecule has 0 radical (unpaired) electrons. The number of hydrogen-bond donors (Lipinski definition) is 1. The highest BCUT2D eigenvalue weighted by Gasteiger charge is 2.44. The van der Waals surface area contributed by atoms with E-state index in [9.17, 15) is 24.3 Å². The Labute approximate surface area is 215 Å². The minimum atomic E-state index is -0.818. The Morgan fingerprint density at radius 3 is 1.32 bits per heavy atom. The van der Waals surface area contributed by atoms with Crippen LogP contribution < -0.4 is 0 Å². The zero-order valence-corrected chi connectivity index (χ0v) is 21.3. The molecule has 4 aliphatic heterocycles. The summed E-state index contributed by atoms with van der Waals surface area (Å²) in [4.78, 5) is 54.5. The van der Waals surface area contributed by atoms with Crippen LogP contribution in [-0.4, -0.2) is 80.6 Å². The molecule has 2 aromatic carbocycles. The fourth-order valence-electron chi connectivity index (χ4n) is 6.39. The molecule has 2 fully saturated rings. The van der Waals surface area contributed by atoms with Gasteiger partial charge < -0.3 is 5.11 Å². The number of hydrazine groups is 2. The summed E-state index contributed by atoms with van der Waals surface area (Å²) < 4.78 is 0. The Balaban J connectivity index is 1.38. The summed E-state index contributed by atoms with van der Waals surface area (Å²) in [5, 5.41) is 17.2. The summed E-state index contributed by atoms with van der Waals surface area (Å²) in [6, 6.07) is 6.48. The van der Waals surface area contributed by atoms with Crippen LogP contribution >= 0.6 is 0 Å². The number of carbonyl (C=O) groups excluding carboxylic acids is 4. The van der Waals surface area contributed by atoms with Gasteiger partial charge in [-0.3, -0.25) is 19.2 Å². The molecule has 9 heteroatoms. The van der Waals surface area contributed by atoms with Gasteiger partial charge in [-0.15, -0.1) is 0 Å². The predicted octanol–water partition coefficient (Wildman–Crippen LogP) is 3.22. The summed E-state index contributed by atoms with van der Waals surface area (Å²) in [7, 11) is 0. The molecular weight excluding hydrogens is 472 g/mol. The van der Waals surface area contributed by atoms with E-state index < -0.39 is 29.2 Å². The van der Waals surface area contributed by atoms with Gasteiger partial charge in [0.15, 0.2) is 0 Å². The summed E-state index contributed by atoms with van der Waals surface area (Å²) in [6.07, 6.45) is 5.31. The van der Waals surface area contributed by atoms with Crippen LogP contribution in [0.5, 0.6) is 0 Å². The highest BCUT2D eigenvalue weighted by Crippen LogP contribution is 2.39. The van der Waals surface area contributed by atoms with E-state index in [1.807, 2.05) is 5.01 Å². The maximum atomic E-state index is 13.7. The predicted molar refractivity (Wildman–Crippen MR) is 136 cm³/mol. The topological polar surface area (TPSA) is 101 Å². The zero-order chi connectivity index (χ0) is 26.1. The molecule has 194 valence electrons. The Bertz CT molecular complexity index is 1260. The molecule has 0 bridgehead atoms. The minimum Gasteiger partial charge on any atom is -0.390 e. The van der Waals surface area contributed by atoms with Gasteiger partial charge in [-0.2, -0.15) is 0 Å². The van der Waals surface area contributed by atoms with Crippen LogP contribution in [0, 0.1) is 5.92 Å². The molecule has 0 saturated carbocycles. The highest BCUT2D eigenvalue weighted by atomic mass is 16.3. The van der Waals surface area contributed by atoms with E-state index in [2.05, 4.69) is 0 Å². The molecule has 2 saturated heterocycles. The van der Waals surface area contributed by atoms with Crippen LogP contribution in [0.1, 0.15) is 93.8 Å². The Hall–Kier alpha value is -3.14. The summed E-state index contributed by atoms with van der Waals surface area (Å²) in [5.74, 6) is -1.62. The van der Waals surface area contributed by atoms with Gasteiger partial charge >= 0.3 is 0 Å². The second-order valence-electron chi connectivity index (χ2n) is 11.2. The summed E-state index contributed by atoms with van der Waals surface area (Å²) in [6.45, 7) is 5.81. The molecule has 0 atom stereocenters. The molecule has 0 unspecified atom stereocenters. The van der Waals surface area contributed by atoms with Crippen molar-refractivity contribution in [3.05, 3.63) is 46.5 Å². The smallest absolute Gasteiger partial charge is 0.276 e. The van der Waals surface area contributed by atoms with E-state index in [-0.39, 0.29) is 5.92 Å². The second-order valence-corrected chi connectivity index (χ2v) is 11.2. The van der Waals surface area contributed by atoms with E-state index in [0.717, 1.165) is 25.7 Å². The molecule has 0 spiro atoms. The maximum absolute atomic E-state index is 13.7. The average molecular weight is 505 g/mol. The molecule has 0 aliphatic carbocycles. The highest BCUT2D eigenvalue weighted by molar-refractivity contribution is 6.33. The van der Waals surface area contributed by atoms with Gasteiger partial charge in [0.2, 0.25) is 0 Å². The Morgan fingerprint density at radius 2 is 0.973 bits per heavy atom. The van der Waals surface area contributed by atoms with Gasteiger partial charge in [-0.1, -0.05) is 12.8 Å². The van der Waals surface area contributed by atoms with E-state index in [1.165, 1.54) is 10.0 Å². The first-order chi connectivity index (χ1) is 17.7. The Morgan fingerprint density at radius 1 is 0.622 bits per heavy atom. The van der Waals surface area contributed by atoms with Crippen molar-refractivity contribution in [1.29, 1.82) is 0 Å². The molecule has 4 heterocycles. The number of nitrogens with zero attached hydrogens (tertiary/aromatic N) is 4. The van der Waals surface area contributed by atoms with Gasteiger partial charge in [0.1, 0.15) is 0 Å². The minimum absolute atomic E-state index is 0.0848. The number of aliphatic hydroxyl groups is 1. The van der Waals surface area contributed by atoms with Crippen LogP contribution in [0.3, 0.4) is 0 Å². The van der Waals surface area contributed by atoms with E-state index in [0.29, 0.717) is 72.0 Å². The lowest BCUT2D eigenvalue weighted by atomic mass is 9.83. The van der Waals surface area contributed by atoms with Gasteiger partial charge in [0, 0.05) is 37.0 Å². The van der Waals surface area contributed by atoms with Crippen molar-refractivity contribution in [2.75, 3.05) is 26.2 Å². The van der Waals surface area contributed by atoms with Crippen molar-refractivity contribution in [2.45, 2.75) is 58.0 Å². The molecule has 0 aromatic heterocycles. The lowest BCUT2D eigenvalue weighted by Gasteiger charge is -2.43. The van der Waals surface area contributed by atoms with E-state index >= 15 is 0 Å². The maximum Gasteiger partial charge on any atom is 0.276 e. The van der Waals surface area contributed by atoms with Crippen LogP contribution in [0.15, 0.2) is 24.3 Å². The van der Waals surface area contributed by atoms with Crippen molar-refractivity contribution in [3.8, 4) is 0 Å². The van der Waals surface area contributed by atoms with Crippen molar-refractivity contribution in [1.82, 2.24) is 20.0 Å². The lowest BCUT2D eigenvalue weighted by Crippen LogP contribution is -2.56. The lowest BCUT2D eigenvalue weighted by molar-refractivity contribution is -0.0541. The molecule has 4 amide bonds. The van der Waals surface area contributed by atoms with Crippen LogP contribution in [-0.2, 0) is 0 Å². The van der Waals surface area contributed by atoms with Crippen molar-refractivity contribution >= 4 is 34.4 Å². The molecule has 37 heavy (non-hydrogen) atoms. The van der Waals surface area contributed by atoms with Gasteiger partial charge in [-0.05, 0) is 69.7 Å². The number of imide groups is 2. The van der Waals surface area contributed by atoms with Crippen LogP contribution in [0.4, 0.5) is 0 Å². The first-order valence-corrected chi connectivity index (χ1v) is 13.3. The van der Waals surface area contributed by atoms with Gasteiger partial charge in [-0.25, -0.2) is 20.0 Å². The van der Waals surface area contributed by atoms with Crippen molar-refractivity contribution in [3.63, 3.8) is 0 Å². The zero-order valence-electron chi connectivity index (χ0n) is 21.3. The monoisotopic (exact) mass is 504 g/mol. The summed E-state index contributed by atoms with van der Waals surface area (Å²) >= 11 is 0. The molecule has 9 nitrogen and oxygen atoms in total. The number of hydrogen-bond acceptors (Lipinski definition) is 7. The number of rotatable bonds is 3.